The number of unbranched alkanes of at least 4 members (excludes halogenated alkanes) is 1. The second kappa shape index (κ2) is 7.21. The number of nitrogens with zero attached hydrogens (tertiary/aromatic N) is 3. The van der Waals surface area contributed by atoms with E-state index in [1.807, 2.05) is 32.3 Å². The predicted molar refractivity (Wildman–Crippen MR) is 103 cm³/mol. The molecule has 25 heavy (non-hydrogen) atoms. The summed E-state index contributed by atoms with van der Waals surface area (Å²) in [6.45, 7) is 1.43. The maximum Gasteiger partial charge on any atom is 0.148 e. The number of rotatable bonds is 6. The minimum absolute atomic E-state index is 0.172. The van der Waals surface area contributed by atoms with Crippen LogP contribution in [0.25, 0.3) is 0 Å². The SMILES string of the molecule is CN(C)CCCCN1c2ccccc2N(c2ccccc2F)S1(O)O. The average molecular weight is 365 g/mol. The summed E-state index contributed by atoms with van der Waals surface area (Å²) < 4.78 is 39.1. The highest BCUT2D eigenvalue weighted by Crippen LogP contribution is 2.64. The lowest BCUT2D eigenvalue weighted by molar-refractivity contribution is 0.395. The van der Waals surface area contributed by atoms with Crippen LogP contribution in [0.15, 0.2) is 48.5 Å². The molecule has 5 nitrogen and oxygen atoms in total. The monoisotopic (exact) mass is 365 g/mol. The fraction of sp³-hybridized carbons (Fsp3) is 0.333. The predicted octanol–water partition coefficient (Wildman–Crippen LogP) is 4.71. The van der Waals surface area contributed by atoms with E-state index in [1.165, 1.54) is 10.4 Å². The molecule has 3 rings (SSSR count). The summed E-state index contributed by atoms with van der Waals surface area (Å²) in [7, 11) is 0.675. The smallest absolute Gasteiger partial charge is 0.148 e. The highest BCUT2D eigenvalue weighted by Gasteiger charge is 2.42. The van der Waals surface area contributed by atoms with Crippen LogP contribution in [0.5, 0.6) is 0 Å². The van der Waals surface area contributed by atoms with Crippen molar-refractivity contribution in [2.75, 3.05) is 35.8 Å². The summed E-state index contributed by atoms with van der Waals surface area (Å²) in [4.78, 5) is 2.10. The minimum Gasteiger partial charge on any atom is -0.309 e. The maximum absolute atomic E-state index is 14.3. The fourth-order valence-electron chi connectivity index (χ4n) is 3.01. The van der Waals surface area contributed by atoms with Gasteiger partial charge in [-0.1, -0.05) is 24.3 Å². The summed E-state index contributed by atoms with van der Waals surface area (Å²) >= 11 is 0. The van der Waals surface area contributed by atoms with E-state index >= 15 is 0 Å². The lowest BCUT2D eigenvalue weighted by Crippen LogP contribution is -2.32. The first kappa shape index (κ1) is 18.0. The summed E-state index contributed by atoms with van der Waals surface area (Å²) in [5.74, 6) is -0.480. The van der Waals surface area contributed by atoms with Crippen LogP contribution >= 0.6 is 11.0 Å². The van der Waals surface area contributed by atoms with Gasteiger partial charge in [0.1, 0.15) is 11.5 Å². The molecule has 0 atom stereocenters. The van der Waals surface area contributed by atoms with Gasteiger partial charge in [0.15, 0.2) is 0 Å². The van der Waals surface area contributed by atoms with Crippen LogP contribution in [0.2, 0.25) is 0 Å². The zero-order valence-corrected chi connectivity index (χ0v) is 15.3. The van der Waals surface area contributed by atoms with Crippen molar-refractivity contribution in [1.29, 1.82) is 0 Å². The average Bonchev–Trinajstić information content (AvgIpc) is 2.79. The van der Waals surface area contributed by atoms with Gasteiger partial charge in [0.05, 0.1) is 11.4 Å². The Morgan fingerprint density at radius 3 is 2.16 bits per heavy atom. The third-order valence-electron chi connectivity index (χ3n) is 4.20. The molecule has 0 saturated heterocycles. The van der Waals surface area contributed by atoms with E-state index in [0.717, 1.165) is 25.1 Å². The third kappa shape index (κ3) is 3.46. The van der Waals surface area contributed by atoms with Crippen molar-refractivity contribution in [3.63, 3.8) is 0 Å². The highest BCUT2D eigenvalue weighted by atomic mass is 32.3. The van der Waals surface area contributed by atoms with Crippen LogP contribution in [-0.4, -0.2) is 41.2 Å². The normalized spacial score (nSPS) is 17.0. The number of anilines is 3. The number of hydrogen-bond donors (Lipinski definition) is 2. The molecule has 1 aliphatic heterocycles. The standard InChI is InChI=1S/C18H24FN3O2S/c1-20(2)13-7-8-14-21-17-11-5-6-12-18(17)22(25(21,23)24)16-10-4-3-9-15(16)19/h3-6,9-12,23-24H,7-8,13-14H2,1-2H3. The van der Waals surface area contributed by atoms with Crippen LogP contribution in [0, 0.1) is 5.82 Å². The van der Waals surface area contributed by atoms with Gasteiger partial charge in [-0.15, -0.1) is 0 Å². The molecule has 7 heteroatoms. The molecule has 0 radical (unpaired) electrons. The molecular formula is C18H24FN3O2S. The second-order valence-electron chi connectivity index (χ2n) is 6.34. The molecule has 0 spiro atoms. The van der Waals surface area contributed by atoms with Gasteiger partial charge in [-0.2, -0.15) is 0 Å². The van der Waals surface area contributed by atoms with E-state index in [2.05, 4.69) is 4.90 Å². The van der Waals surface area contributed by atoms with Crippen LogP contribution in [0.3, 0.4) is 0 Å². The Morgan fingerprint density at radius 1 is 0.920 bits per heavy atom. The van der Waals surface area contributed by atoms with Gasteiger partial charge in [0.25, 0.3) is 0 Å². The number of halogens is 1. The van der Waals surface area contributed by atoms with Gasteiger partial charge < -0.3 is 4.90 Å². The topological polar surface area (TPSA) is 50.2 Å². The fourth-order valence-corrected chi connectivity index (χ4v) is 4.83. The zero-order chi connectivity index (χ0) is 18.0. The Kier molecular flexibility index (Phi) is 5.19. The lowest BCUT2D eigenvalue weighted by atomic mass is 10.2. The summed E-state index contributed by atoms with van der Waals surface area (Å²) in [5.41, 5.74) is 1.50. The highest BCUT2D eigenvalue weighted by molar-refractivity contribution is 8.27. The van der Waals surface area contributed by atoms with E-state index < -0.39 is 16.8 Å². The third-order valence-corrected chi connectivity index (χ3v) is 6.05. The van der Waals surface area contributed by atoms with Crippen molar-refractivity contribution in [2.45, 2.75) is 12.8 Å². The maximum atomic E-state index is 14.3. The van der Waals surface area contributed by atoms with Gasteiger partial charge in [0.2, 0.25) is 0 Å². The molecule has 0 fully saturated rings. The quantitative estimate of drug-likeness (QED) is 0.726. The van der Waals surface area contributed by atoms with Crippen LogP contribution in [0.4, 0.5) is 21.5 Å². The van der Waals surface area contributed by atoms with Gasteiger partial charge in [-0.3, -0.25) is 13.4 Å². The first-order valence-electron chi connectivity index (χ1n) is 8.27. The molecule has 0 aromatic heterocycles. The van der Waals surface area contributed by atoms with E-state index in [-0.39, 0.29) is 5.69 Å². The van der Waals surface area contributed by atoms with Crippen molar-refractivity contribution >= 4 is 28.0 Å². The number of hydrogen-bond acceptors (Lipinski definition) is 5. The first-order valence-corrected chi connectivity index (χ1v) is 9.73. The van der Waals surface area contributed by atoms with Gasteiger partial charge in [-0.25, -0.2) is 8.70 Å². The molecule has 2 aromatic rings. The van der Waals surface area contributed by atoms with E-state index in [1.54, 1.807) is 28.6 Å². The Hall–Kier alpha value is -1.80. The van der Waals surface area contributed by atoms with Crippen molar-refractivity contribution in [3.8, 4) is 0 Å². The Bertz CT molecular complexity index is 742. The molecule has 0 unspecified atom stereocenters. The van der Waals surface area contributed by atoms with Gasteiger partial charge in [-0.05, 0) is 68.7 Å². The zero-order valence-electron chi connectivity index (χ0n) is 14.5. The molecule has 136 valence electrons. The molecule has 1 aliphatic rings. The summed E-state index contributed by atoms with van der Waals surface area (Å²) in [6, 6.07) is 13.5. The molecule has 0 bridgehead atoms. The van der Waals surface area contributed by atoms with Crippen LogP contribution in [0.1, 0.15) is 12.8 Å². The van der Waals surface area contributed by atoms with E-state index in [0.29, 0.717) is 12.2 Å². The Labute approximate surface area is 149 Å². The Morgan fingerprint density at radius 2 is 1.52 bits per heavy atom. The van der Waals surface area contributed by atoms with Crippen molar-refractivity contribution in [3.05, 3.63) is 54.3 Å². The van der Waals surface area contributed by atoms with Crippen molar-refractivity contribution in [1.82, 2.24) is 4.90 Å². The number of fused-ring (bicyclic) bond motifs is 1. The lowest BCUT2D eigenvalue weighted by Gasteiger charge is -2.43. The summed E-state index contributed by atoms with van der Waals surface area (Å²) in [5, 5.41) is 0. The molecule has 2 aromatic carbocycles. The van der Waals surface area contributed by atoms with E-state index in [9.17, 15) is 13.5 Å². The molecule has 1 heterocycles. The van der Waals surface area contributed by atoms with Crippen LogP contribution in [-0.2, 0) is 0 Å². The Balaban J connectivity index is 1.92. The van der Waals surface area contributed by atoms with Gasteiger partial charge >= 0.3 is 0 Å². The molecular weight excluding hydrogens is 341 g/mol. The first-order chi connectivity index (χ1) is 11.9. The number of para-hydroxylation sites is 3. The summed E-state index contributed by atoms with van der Waals surface area (Å²) in [6.07, 6.45) is 1.76. The molecule has 0 amide bonds. The minimum atomic E-state index is -3.35. The molecule has 2 N–H and O–H groups in total. The van der Waals surface area contributed by atoms with Crippen molar-refractivity contribution < 1.29 is 13.5 Å². The second-order valence-corrected chi connectivity index (χ2v) is 8.12. The molecule has 0 aliphatic carbocycles. The van der Waals surface area contributed by atoms with Crippen molar-refractivity contribution in [2.24, 2.45) is 0 Å². The van der Waals surface area contributed by atoms with E-state index in [4.69, 9.17) is 0 Å². The largest absolute Gasteiger partial charge is 0.309 e. The van der Waals surface area contributed by atoms with Crippen LogP contribution < -0.4 is 8.61 Å². The number of benzene rings is 2. The molecule has 0 saturated carbocycles. The van der Waals surface area contributed by atoms with Gasteiger partial charge in [0, 0.05) is 6.54 Å².